The van der Waals surface area contributed by atoms with E-state index in [1.807, 2.05) is 6.92 Å². The fraction of sp³-hybridized carbons (Fsp3) is 0.727. The quantitative estimate of drug-likeness (QED) is 0.847. The fourth-order valence-corrected chi connectivity index (χ4v) is 2.77. The lowest BCUT2D eigenvalue weighted by molar-refractivity contribution is 0.0380. The van der Waals surface area contributed by atoms with Crippen molar-refractivity contribution in [3.8, 4) is 0 Å². The molecule has 0 aliphatic carbocycles. The second kappa shape index (κ2) is 4.69. The van der Waals surface area contributed by atoms with Crippen LogP contribution in [0.25, 0.3) is 0 Å². The summed E-state index contributed by atoms with van der Waals surface area (Å²) in [6.07, 6.45) is 1.67. The first-order valence-corrected chi connectivity index (χ1v) is 6.38. The molecule has 0 atom stereocenters. The molecule has 1 aromatic heterocycles. The van der Waals surface area contributed by atoms with Gasteiger partial charge in [0.1, 0.15) is 0 Å². The van der Waals surface area contributed by atoms with Gasteiger partial charge in [0.05, 0.1) is 17.8 Å². The lowest BCUT2D eigenvalue weighted by atomic mass is 9.91. The largest absolute Gasteiger partial charge is 0.394 e. The molecule has 2 N–H and O–H groups in total. The Balaban J connectivity index is 2.11. The van der Waals surface area contributed by atoms with Crippen molar-refractivity contribution < 1.29 is 9.84 Å². The van der Waals surface area contributed by atoms with Gasteiger partial charge in [-0.25, -0.2) is 4.98 Å². The smallest absolute Gasteiger partial charge is 0.183 e. The van der Waals surface area contributed by atoms with Crippen LogP contribution in [0.2, 0.25) is 0 Å². The van der Waals surface area contributed by atoms with Crippen molar-refractivity contribution in [2.45, 2.75) is 32.2 Å². The maximum Gasteiger partial charge on any atom is 0.183 e. The zero-order valence-electron chi connectivity index (χ0n) is 9.75. The number of nitrogens with zero attached hydrogens (tertiary/aromatic N) is 1. The van der Waals surface area contributed by atoms with E-state index in [4.69, 9.17) is 4.74 Å². The van der Waals surface area contributed by atoms with Gasteiger partial charge in [-0.15, -0.1) is 11.3 Å². The maximum atomic E-state index is 9.54. The fourth-order valence-electron chi connectivity index (χ4n) is 1.84. The number of hydrogen-bond acceptors (Lipinski definition) is 5. The molecule has 5 heteroatoms. The highest BCUT2D eigenvalue weighted by Crippen LogP contribution is 2.29. The van der Waals surface area contributed by atoms with Crippen LogP contribution in [-0.4, -0.2) is 35.5 Å². The number of aliphatic hydroxyl groups is 1. The van der Waals surface area contributed by atoms with Crippen LogP contribution >= 0.6 is 11.3 Å². The zero-order valence-corrected chi connectivity index (χ0v) is 10.6. The molecule has 0 radical (unpaired) electrons. The van der Waals surface area contributed by atoms with Gasteiger partial charge in [-0.2, -0.15) is 0 Å². The topological polar surface area (TPSA) is 54.4 Å². The maximum absolute atomic E-state index is 9.54. The molecule has 1 saturated heterocycles. The van der Waals surface area contributed by atoms with Gasteiger partial charge in [-0.1, -0.05) is 0 Å². The molecule has 4 nitrogen and oxygen atoms in total. The number of aliphatic hydroxyl groups excluding tert-OH is 1. The molecule has 0 amide bonds. The van der Waals surface area contributed by atoms with Crippen LogP contribution in [0, 0.1) is 13.8 Å². The van der Waals surface area contributed by atoms with Gasteiger partial charge in [-0.3, -0.25) is 0 Å². The summed E-state index contributed by atoms with van der Waals surface area (Å²) in [5.41, 5.74) is 0.822. The minimum atomic E-state index is -0.241. The van der Waals surface area contributed by atoms with Crippen molar-refractivity contribution in [3.63, 3.8) is 0 Å². The number of thiazole rings is 1. The first kappa shape index (κ1) is 11.8. The number of aromatic nitrogens is 1. The monoisotopic (exact) mass is 242 g/mol. The molecule has 0 saturated carbocycles. The van der Waals surface area contributed by atoms with Gasteiger partial charge in [0.25, 0.3) is 0 Å². The summed E-state index contributed by atoms with van der Waals surface area (Å²) >= 11 is 1.65. The highest BCUT2D eigenvalue weighted by molar-refractivity contribution is 7.15. The normalized spacial score (nSPS) is 19.7. The molecule has 1 aliphatic rings. The number of rotatable bonds is 3. The van der Waals surface area contributed by atoms with Crippen molar-refractivity contribution >= 4 is 16.5 Å². The Labute approximate surface area is 99.7 Å². The summed E-state index contributed by atoms with van der Waals surface area (Å²) in [6, 6.07) is 0. The van der Waals surface area contributed by atoms with Crippen LogP contribution in [0.1, 0.15) is 23.4 Å². The molecule has 1 aliphatic heterocycles. The first-order valence-electron chi connectivity index (χ1n) is 5.56. The molecule has 0 spiro atoms. The van der Waals surface area contributed by atoms with Gasteiger partial charge in [-0.05, 0) is 26.7 Å². The third-order valence-electron chi connectivity index (χ3n) is 3.15. The van der Waals surface area contributed by atoms with E-state index in [0.29, 0.717) is 13.2 Å². The molecule has 0 aromatic carbocycles. The summed E-state index contributed by atoms with van der Waals surface area (Å²) in [5.74, 6) is 0. The Morgan fingerprint density at radius 1 is 1.44 bits per heavy atom. The molecule has 16 heavy (non-hydrogen) atoms. The standard InChI is InChI=1S/C11H18N2O2S/c1-8-9(2)16-10(12-8)13-11(7-14)3-5-15-6-4-11/h14H,3-7H2,1-2H3,(H,12,13). The highest BCUT2D eigenvalue weighted by Gasteiger charge is 2.32. The van der Waals surface area contributed by atoms with E-state index in [9.17, 15) is 5.11 Å². The number of anilines is 1. The van der Waals surface area contributed by atoms with E-state index < -0.39 is 0 Å². The second-order valence-electron chi connectivity index (χ2n) is 4.34. The van der Waals surface area contributed by atoms with Gasteiger partial charge in [0.2, 0.25) is 0 Å². The van der Waals surface area contributed by atoms with E-state index in [1.165, 1.54) is 4.88 Å². The van der Waals surface area contributed by atoms with Crippen LogP contribution < -0.4 is 5.32 Å². The zero-order chi connectivity index (χ0) is 11.6. The molecule has 0 unspecified atom stereocenters. The lowest BCUT2D eigenvalue weighted by Gasteiger charge is -2.36. The number of ether oxygens (including phenoxy) is 1. The third-order valence-corrected chi connectivity index (χ3v) is 4.14. The first-order chi connectivity index (χ1) is 7.65. The third kappa shape index (κ3) is 2.36. The Morgan fingerprint density at radius 3 is 2.62 bits per heavy atom. The lowest BCUT2D eigenvalue weighted by Crippen LogP contribution is -2.46. The van der Waals surface area contributed by atoms with Crippen LogP contribution in [0.4, 0.5) is 5.13 Å². The van der Waals surface area contributed by atoms with Gasteiger partial charge < -0.3 is 15.2 Å². The van der Waals surface area contributed by atoms with E-state index in [-0.39, 0.29) is 12.1 Å². The van der Waals surface area contributed by atoms with E-state index in [1.54, 1.807) is 11.3 Å². The van der Waals surface area contributed by atoms with Gasteiger partial charge >= 0.3 is 0 Å². The predicted octanol–water partition coefficient (Wildman–Crippen LogP) is 1.71. The van der Waals surface area contributed by atoms with Crippen molar-refractivity contribution in [2.75, 3.05) is 25.1 Å². The van der Waals surface area contributed by atoms with Gasteiger partial charge in [0.15, 0.2) is 5.13 Å². The SMILES string of the molecule is Cc1nc(NC2(CO)CCOCC2)sc1C. The number of nitrogens with one attached hydrogen (secondary N) is 1. The summed E-state index contributed by atoms with van der Waals surface area (Å²) < 4.78 is 5.33. The van der Waals surface area contributed by atoms with Crippen molar-refractivity contribution in [3.05, 3.63) is 10.6 Å². The minimum absolute atomic E-state index is 0.133. The van der Waals surface area contributed by atoms with Crippen LogP contribution in [0.3, 0.4) is 0 Å². The van der Waals surface area contributed by atoms with Crippen LogP contribution in [-0.2, 0) is 4.74 Å². The predicted molar refractivity (Wildman–Crippen MR) is 65.1 cm³/mol. The molecular weight excluding hydrogens is 224 g/mol. The van der Waals surface area contributed by atoms with Crippen molar-refractivity contribution in [1.29, 1.82) is 0 Å². The Hall–Kier alpha value is -0.650. The number of hydrogen-bond donors (Lipinski definition) is 2. The summed E-state index contributed by atoms with van der Waals surface area (Å²) in [4.78, 5) is 5.68. The van der Waals surface area contributed by atoms with E-state index in [2.05, 4.69) is 17.2 Å². The number of aryl methyl sites for hydroxylation is 2. The average molecular weight is 242 g/mol. The van der Waals surface area contributed by atoms with Gasteiger partial charge in [0, 0.05) is 18.1 Å². The highest BCUT2D eigenvalue weighted by atomic mass is 32.1. The van der Waals surface area contributed by atoms with Crippen LogP contribution in [0.5, 0.6) is 0 Å². The Morgan fingerprint density at radius 2 is 2.12 bits per heavy atom. The summed E-state index contributed by atoms with van der Waals surface area (Å²) in [5, 5.41) is 13.8. The Kier molecular flexibility index (Phi) is 3.47. The van der Waals surface area contributed by atoms with E-state index >= 15 is 0 Å². The minimum Gasteiger partial charge on any atom is -0.394 e. The van der Waals surface area contributed by atoms with Crippen molar-refractivity contribution in [1.82, 2.24) is 4.98 Å². The molecular formula is C11H18N2O2S. The molecule has 90 valence electrons. The van der Waals surface area contributed by atoms with Crippen molar-refractivity contribution in [2.24, 2.45) is 0 Å². The molecule has 2 heterocycles. The molecule has 1 fully saturated rings. The molecule has 2 rings (SSSR count). The summed E-state index contributed by atoms with van der Waals surface area (Å²) in [7, 11) is 0. The second-order valence-corrected chi connectivity index (χ2v) is 5.54. The molecule has 0 bridgehead atoms. The van der Waals surface area contributed by atoms with E-state index in [0.717, 1.165) is 23.7 Å². The Bertz CT molecular complexity index is 339. The van der Waals surface area contributed by atoms with Crippen LogP contribution in [0.15, 0.2) is 0 Å². The molecule has 1 aromatic rings. The summed E-state index contributed by atoms with van der Waals surface area (Å²) in [6.45, 7) is 5.61. The average Bonchev–Trinajstić information content (AvgIpc) is 2.59.